The van der Waals surface area contributed by atoms with Gasteiger partial charge in [-0.1, -0.05) is 24.3 Å². The summed E-state index contributed by atoms with van der Waals surface area (Å²) in [7, 11) is 0. The number of rotatable bonds is 12. The quantitative estimate of drug-likeness (QED) is 0.124. The number of hydrogen-bond donors (Lipinski definition) is 3. The Morgan fingerprint density at radius 3 is 2.52 bits per heavy atom. The van der Waals surface area contributed by atoms with E-state index in [1.165, 1.54) is 6.07 Å². The van der Waals surface area contributed by atoms with E-state index < -0.39 is 29.7 Å². The maximum absolute atomic E-state index is 14.1. The highest BCUT2D eigenvalue weighted by Crippen LogP contribution is 2.36. The van der Waals surface area contributed by atoms with E-state index in [1.807, 2.05) is 40.9 Å². The topological polar surface area (TPSA) is 177 Å². The molecule has 308 valence electrons. The van der Waals surface area contributed by atoms with Gasteiger partial charge in [0.15, 0.2) is 5.65 Å². The molecule has 60 heavy (non-hydrogen) atoms. The van der Waals surface area contributed by atoms with Crippen molar-refractivity contribution < 1.29 is 28.4 Å². The second-order valence-corrected chi connectivity index (χ2v) is 15.5. The molecule has 3 saturated heterocycles. The molecule has 3 fully saturated rings. The Morgan fingerprint density at radius 1 is 0.850 bits per heavy atom. The molecule has 9 rings (SSSR count). The van der Waals surface area contributed by atoms with E-state index in [1.54, 1.807) is 36.5 Å². The molecule has 17 heteroatoms. The first-order valence-electron chi connectivity index (χ1n) is 20.4. The predicted octanol–water partition coefficient (Wildman–Crippen LogP) is 3.41. The average molecular weight is 814 g/mol. The largest absolute Gasteiger partial charge is 0.384 e. The minimum absolute atomic E-state index is 0.0422. The maximum atomic E-state index is 14.1. The van der Waals surface area contributed by atoms with Crippen molar-refractivity contribution in [2.24, 2.45) is 0 Å². The van der Waals surface area contributed by atoms with Crippen molar-refractivity contribution in [1.82, 2.24) is 40.0 Å². The van der Waals surface area contributed by atoms with Crippen LogP contribution in [0.3, 0.4) is 0 Å². The highest BCUT2D eigenvalue weighted by atomic mass is 19.1. The van der Waals surface area contributed by atoms with Gasteiger partial charge in [0.1, 0.15) is 29.2 Å². The first-order chi connectivity index (χ1) is 29.2. The van der Waals surface area contributed by atoms with Gasteiger partial charge in [0, 0.05) is 57.9 Å². The number of piperidine rings is 1. The molecule has 0 radical (unpaired) electrons. The zero-order valence-corrected chi connectivity index (χ0v) is 32.8. The van der Waals surface area contributed by atoms with Crippen molar-refractivity contribution in [3.63, 3.8) is 0 Å². The van der Waals surface area contributed by atoms with Gasteiger partial charge in [-0.05, 0) is 79.8 Å². The summed E-state index contributed by atoms with van der Waals surface area (Å²) in [5.74, 6) is -0.896. The van der Waals surface area contributed by atoms with Crippen LogP contribution in [-0.2, 0) is 14.4 Å². The van der Waals surface area contributed by atoms with Gasteiger partial charge >= 0.3 is 0 Å². The maximum Gasteiger partial charge on any atom is 0.264 e. The molecule has 2 aromatic carbocycles. The van der Waals surface area contributed by atoms with Crippen molar-refractivity contribution in [2.45, 2.75) is 44.2 Å². The lowest BCUT2D eigenvalue weighted by Crippen LogP contribution is -2.54. The molecule has 4 aliphatic rings. The minimum Gasteiger partial charge on any atom is -0.384 e. The zero-order chi connectivity index (χ0) is 41.3. The summed E-state index contributed by atoms with van der Waals surface area (Å²) in [6, 6.07) is 20.6. The van der Waals surface area contributed by atoms with Crippen LogP contribution in [0.15, 0.2) is 79.0 Å². The van der Waals surface area contributed by atoms with Crippen LogP contribution in [0.4, 0.5) is 21.7 Å². The van der Waals surface area contributed by atoms with Crippen molar-refractivity contribution in [1.29, 1.82) is 0 Å². The number of fused-ring (bicyclic) bond motifs is 2. The number of piperazine rings is 1. The second-order valence-electron chi connectivity index (χ2n) is 15.5. The Bertz CT molecular complexity index is 2500. The summed E-state index contributed by atoms with van der Waals surface area (Å²) in [4.78, 5) is 80.5. The number of nitrogens with one attached hydrogen (secondary N) is 3. The molecule has 5 amide bonds. The third kappa shape index (κ3) is 7.63. The van der Waals surface area contributed by atoms with E-state index in [9.17, 15) is 28.4 Å². The third-order valence-electron chi connectivity index (χ3n) is 11.6. The summed E-state index contributed by atoms with van der Waals surface area (Å²) in [6.07, 6.45) is 4.41. The average Bonchev–Trinajstić information content (AvgIpc) is 3.98. The molecule has 16 nitrogen and oxygen atoms in total. The molecule has 0 saturated carbocycles. The Balaban J connectivity index is 0.752. The number of anilines is 3. The Morgan fingerprint density at radius 2 is 1.68 bits per heavy atom. The number of carbonyl (C=O) groups excluding carboxylic acids is 5. The molecule has 3 aromatic heterocycles. The first kappa shape index (κ1) is 38.8. The normalized spacial score (nSPS) is 19.6. The van der Waals surface area contributed by atoms with Gasteiger partial charge in [0.25, 0.3) is 11.8 Å². The van der Waals surface area contributed by atoms with Crippen LogP contribution in [0, 0.1) is 5.82 Å². The molecule has 5 aromatic rings. The van der Waals surface area contributed by atoms with E-state index in [-0.39, 0.29) is 48.3 Å². The summed E-state index contributed by atoms with van der Waals surface area (Å²) in [6.45, 7) is 4.70. The van der Waals surface area contributed by atoms with Crippen LogP contribution in [0.2, 0.25) is 0 Å². The van der Waals surface area contributed by atoms with Crippen LogP contribution in [0.1, 0.15) is 64.4 Å². The Hall–Kier alpha value is -6.75. The van der Waals surface area contributed by atoms with E-state index in [4.69, 9.17) is 10.1 Å². The summed E-state index contributed by atoms with van der Waals surface area (Å²) in [5.41, 5.74) is 4.05. The number of nitrogens with zero attached hydrogens (tertiary/aromatic N) is 8. The van der Waals surface area contributed by atoms with Gasteiger partial charge in [-0.25, -0.2) is 18.9 Å². The van der Waals surface area contributed by atoms with E-state index >= 15 is 0 Å². The van der Waals surface area contributed by atoms with Crippen molar-refractivity contribution in [3.05, 3.63) is 102 Å². The van der Waals surface area contributed by atoms with E-state index in [2.05, 4.69) is 35.6 Å². The fourth-order valence-electron chi connectivity index (χ4n) is 8.63. The van der Waals surface area contributed by atoms with E-state index in [0.717, 1.165) is 52.9 Å². The van der Waals surface area contributed by atoms with E-state index in [0.29, 0.717) is 57.0 Å². The number of amides is 5. The highest BCUT2D eigenvalue weighted by molar-refractivity contribution is 6.25. The number of imide groups is 2. The van der Waals surface area contributed by atoms with Crippen molar-refractivity contribution in [3.8, 4) is 11.4 Å². The van der Waals surface area contributed by atoms with Gasteiger partial charge in [0.2, 0.25) is 17.7 Å². The number of benzene rings is 2. The van der Waals surface area contributed by atoms with Gasteiger partial charge in [-0.2, -0.15) is 0 Å². The van der Waals surface area contributed by atoms with Crippen LogP contribution in [0.5, 0.6) is 0 Å². The minimum atomic E-state index is -1.03. The smallest absolute Gasteiger partial charge is 0.264 e. The first-order valence-corrected chi connectivity index (χ1v) is 20.4. The summed E-state index contributed by atoms with van der Waals surface area (Å²) >= 11 is 0. The zero-order valence-electron chi connectivity index (χ0n) is 32.8. The molecular weight excluding hydrogens is 770 g/mol. The van der Waals surface area contributed by atoms with Gasteiger partial charge in [0.05, 0.1) is 35.6 Å². The predicted molar refractivity (Wildman–Crippen MR) is 220 cm³/mol. The number of imidazole rings is 1. The lowest BCUT2D eigenvalue weighted by molar-refractivity contribution is -0.136. The van der Waals surface area contributed by atoms with Crippen molar-refractivity contribution in [2.75, 3.05) is 67.5 Å². The molecule has 1 unspecified atom stereocenters. The van der Waals surface area contributed by atoms with Crippen LogP contribution in [0.25, 0.3) is 17.0 Å². The van der Waals surface area contributed by atoms with Gasteiger partial charge in [-0.3, -0.25) is 39.1 Å². The molecule has 2 atom stereocenters. The highest BCUT2D eigenvalue weighted by Gasteiger charge is 2.45. The molecule has 0 aliphatic carbocycles. The molecule has 0 spiro atoms. The van der Waals surface area contributed by atoms with Gasteiger partial charge < -0.3 is 20.4 Å². The second kappa shape index (κ2) is 16.5. The number of aromatic nitrogens is 4. The Labute approximate surface area is 344 Å². The lowest BCUT2D eigenvalue weighted by atomic mass is 10.0. The number of hydrogen-bond acceptors (Lipinski definition) is 12. The Kier molecular flexibility index (Phi) is 10.6. The number of carbonyl (C=O) groups is 5. The number of pyridine rings is 1. The summed E-state index contributed by atoms with van der Waals surface area (Å²) < 4.78 is 15.9. The fraction of sp³-hybridized carbons (Fsp3) is 0.349. The third-order valence-corrected chi connectivity index (χ3v) is 11.6. The molecule has 7 heterocycles. The molecule has 3 N–H and O–H groups in total. The molecule has 4 aliphatic heterocycles. The van der Waals surface area contributed by atoms with Crippen LogP contribution in [-0.4, -0.2) is 117 Å². The number of halogens is 1. The van der Waals surface area contributed by atoms with Crippen LogP contribution < -0.4 is 25.8 Å². The van der Waals surface area contributed by atoms with Gasteiger partial charge in [-0.15, -0.1) is 5.10 Å². The standard InChI is InChI=1S/C43H44FN11O5/c44-28-7-1-6-27(24-28)32-11-4-19-53(32)37-15-14-35-47-25-34(55(35)50-37)30-9-3-12-36(48-30)52-22-20-51(21-23-52)26-39(57)46-18-5-17-45-31-10-2-8-29-40(31)43(60)54(42(29)59)33-13-16-38(56)49-41(33)58/h1-3,6-10,12,14-15,24-25,32-33,45H,4-5,11,13,16-23,26H2,(H,46,57)(H,49,56,58)/t32-,33?/m1/s1. The molecule has 0 bridgehead atoms. The lowest BCUT2D eigenvalue weighted by Gasteiger charge is -2.35. The van der Waals surface area contributed by atoms with Crippen LogP contribution >= 0.6 is 0 Å². The summed E-state index contributed by atoms with van der Waals surface area (Å²) in [5, 5.41) is 13.4. The van der Waals surface area contributed by atoms with Crippen molar-refractivity contribution >= 4 is 52.5 Å². The monoisotopic (exact) mass is 813 g/mol. The SMILES string of the molecule is O=C(CN1CCN(c2cccc(-c3cnc4ccc(N5CCC[C@@H]5c5cccc(F)c5)nn34)n2)CC1)NCCCNc1cccc2c1C(=O)N(C1CCC(=O)NC1=O)C2=O. The fourth-order valence-corrected chi connectivity index (χ4v) is 8.63. The molecular formula is C43H44FN11O5.